The summed E-state index contributed by atoms with van der Waals surface area (Å²) in [6, 6.07) is 2.98. The van der Waals surface area contributed by atoms with E-state index in [1.54, 1.807) is 0 Å². The standard InChI is InChI=1S/C32H46F5NO4SSi/c1-20(2)28-26-27(25-23(38(28)39)18-31(6,7)19-24(25)42-44(8,9)30(3,4)5)32(14-16-40-17-15-32)41-29(26)21-10-12-22(13-11-21)43(33,34,35,36)37/h10-13,20,24,29H,14-19H2,1-9H3/t24?,29-/m1/s1. The summed E-state index contributed by atoms with van der Waals surface area (Å²) >= 11 is 0. The topological polar surface area (TPSA) is 54.6 Å². The quantitative estimate of drug-likeness (QED) is 0.138. The van der Waals surface area contributed by atoms with Gasteiger partial charge in [0.05, 0.1) is 22.8 Å². The summed E-state index contributed by atoms with van der Waals surface area (Å²) in [6.07, 6.45) is 0.901. The largest absolute Gasteiger partial charge is 0.618 e. The van der Waals surface area contributed by atoms with Gasteiger partial charge in [0, 0.05) is 44.0 Å². The molecule has 2 aromatic rings. The van der Waals surface area contributed by atoms with E-state index in [-0.39, 0.29) is 22.5 Å². The van der Waals surface area contributed by atoms with E-state index in [1.807, 2.05) is 13.8 Å². The first kappa shape index (κ1) is 33.6. The molecular formula is C32H46F5NO4SSi. The molecule has 1 aromatic carbocycles. The first-order valence-electron chi connectivity index (χ1n) is 15.4. The summed E-state index contributed by atoms with van der Waals surface area (Å²) in [5.74, 6) is -0.249. The Morgan fingerprint density at radius 1 is 1.00 bits per heavy atom. The predicted molar refractivity (Wildman–Crippen MR) is 165 cm³/mol. The smallest absolute Gasteiger partial charge is 0.310 e. The summed E-state index contributed by atoms with van der Waals surface area (Å²) in [5.41, 5.74) is 2.68. The van der Waals surface area contributed by atoms with Crippen LogP contribution in [-0.4, -0.2) is 21.5 Å². The molecule has 0 saturated carbocycles. The molecule has 2 atom stereocenters. The van der Waals surface area contributed by atoms with Gasteiger partial charge in [-0.1, -0.05) is 80.0 Å². The molecule has 5 nitrogen and oxygen atoms in total. The van der Waals surface area contributed by atoms with E-state index in [4.69, 9.17) is 13.9 Å². The Labute approximate surface area is 258 Å². The minimum absolute atomic E-state index is 0.0940. The Balaban J connectivity index is 1.81. The molecule has 248 valence electrons. The number of hydrogen-bond acceptors (Lipinski definition) is 4. The summed E-state index contributed by atoms with van der Waals surface area (Å²) in [6.45, 7) is 19.8. The average Bonchev–Trinajstić information content (AvgIpc) is 3.15. The van der Waals surface area contributed by atoms with Gasteiger partial charge in [-0.05, 0) is 47.7 Å². The van der Waals surface area contributed by atoms with E-state index >= 15 is 0 Å². The van der Waals surface area contributed by atoms with Crippen molar-refractivity contribution < 1.29 is 38.1 Å². The molecule has 0 radical (unpaired) electrons. The van der Waals surface area contributed by atoms with Crippen molar-refractivity contribution in [2.75, 3.05) is 13.2 Å². The summed E-state index contributed by atoms with van der Waals surface area (Å²) in [5, 5.41) is 14.4. The number of aromatic nitrogens is 1. The van der Waals surface area contributed by atoms with Crippen LogP contribution in [0.1, 0.15) is 119 Å². The van der Waals surface area contributed by atoms with Gasteiger partial charge in [-0.25, -0.2) is 0 Å². The highest BCUT2D eigenvalue weighted by atomic mass is 32.5. The van der Waals surface area contributed by atoms with Gasteiger partial charge < -0.3 is 19.1 Å². The Hall–Kier alpha value is -1.73. The van der Waals surface area contributed by atoms with Gasteiger partial charge in [-0.2, -0.15) is 4.73 Å². The van der Waals surface area contributed by atoms with Crippen LogP contribution in [0.2, 0.25) is 18.1 Å². The van der Waals surface area contributed by atoms with Gasteiger partial charge in [-0.3, -0.25) is 0 Å². The van der Waals surface area contributed by atoms with Crippen molar-refractivity contribution in [3.63, 3.8) is 0 Å². The normalized spacial score (nSPS) is 25.0. The number of fused-ring (bicyclic) bond motifs is 4. The Morgan fingerprint density at radius 2 is 1.57 bits per heavy atom. The molecule has 1 saturated heterocycles. The van der Waals surface area contributed by atoms with Crippen molar-refractivity contribution in [2.45, 2.75) is 121 Å². The fourth-order valence-corrected chi connectivity index (χ4v) is 8.82. The number of halogens is 5. The molecule has 44 heavy (non-hydrogen) atoms. The van der Waals surface area contributed by atoms with Crippen molar-refractivity contribution in [1.29, 1.82) is 0 Å². The molecule has 3 heterocycles. The SMILES string of the molecule is CC(C)c1c2c(c3c([n+]1[O-])CC(C)(C)CC3O[Si](C)(C)C(C)(C)C)C1(CCOCC1)O[C@@H]2c1ccc(S(F)(F)(F)(F)F)cc1. The molecule has 2 aliphatic heterocycles. The van der Waals surface area contributed by atoms with Gasteiger partial charge in [0.1, 0.15) is 11.0 Å². The van der Waals surface area contributed by atoms with E-state index < -0.39 is 35.1 Å². The first-order valence-corrected chi connectivity index (χ1v) is 20.2. The molecule has 5 rings (SSSR count). The zero-order valence-corrected chi connectivity index (χ0v) is 29.0. The zero-order chi connectivity index (χ0) is 33.0. The zero-order valence-electron chi connectivity index (χ0n) is 27.2. The third-order valence-corrected chi connectivity index (χ3v) is 15.7. The van der Waals surface area contributed by atoms with Crippen LogP contribution < -0.4 is 4.73 Å². The molecule has 12 heteroatoms. The maximum absolute atomic E-state index is 14.5. The maximum Gasteiger partial charge on any atom is 0.310 e. The van der Waals surface area contributed by atoms with Crippen LogP contribution in [-0.2, 0) is 25.9 Å². The first-order chi connectivity index (χ1) is 19.8. The van der Waals surface area contributed by atoms with E-state index in [0.29, 0.717) is 73.5 Å². The molecule has 1 fully saturated rings. The van der Waals surface area contributed by atoms with Gasteiger partial charge in [0.25, 0.3) is 0 Å². The molecule has 0 bridgehead atoms. The van der Waals surface area contributed by atoms with Crippen LogP contribution in [0.15, 0.2) is 29.2 Å². The van der Waals surface area contributed by atoms with Crippen molar-refractivity contribution in [3.8, 4) is 0 Å². The lowest BCUT2D eigenvalue weighted by Crippen LogP contribution is -2.49. The minimum atomic E-state index is -9.87. The molecule has 3 aliphatic rings. The fraction of sp³-hybridized carbons (Fsp3) is 0.656. The van der Waals surface area contributed by atoms with Crippen LogP contribution in [0, 0.1) is 10.6 Å². The monoisotopic (exact) mass is 663 g/mol. The second-order valence-corrected chi connectivity index (χ2v) is 22.7. The van der Waals surface area contributed by atoms with E-state index in [9.17, 15) is 24.6 Å². The lowest BCUT2D eigenvalue weighted by molar-refractivity contribution is -0.626. The third-order valence-electron chi connectivity index (χ3n) is 10.1. The molecule has 0 N–H and O–H groups in total. The maximum atomic E-state index is 14.5. The van der Waals surface area contributed by atoms with Gasteiger partial charge in [-0.15, -0.1) is 0 Å². The Bertz CT molecular complexity index is 1460. The molecule has 1 spiro atoms. The van der Waals surface area contributed by atoms with Crippen molar-refractivity contribution >= 4 is 18.5 Å². The van der Waals surface area contributed by atoms with Crippen molar-refractivity contribution in [3.05, 3.63) is 63.1 Å². The number of hydrogen-bond donors (Lipinski definition) is 0. The number of benzene rings is 1. The van der Waals surface area contributed by atoms with Gasteiger partial charge in [0.2, 0.25) is 5.69 Å². The molecular weight excluding hydrogens is 617 g/mol. The van der Waals surface area contributed by atoms with Crippen LogP contribution >= 0.6 is 10.2 Å². The third kappa shape index (κ3) is 5.82. The second-order valence-electron chi connectivity index (χ2n) is 15.5. The number of nitrogens with zero attached hydrogens (tertiary/aromatic N) is 1. The lowest BCUT2D eigenvalue weighted by Gasteiger charge is -2.45. The number of ether oxygens (including phenoxy) is 2. The highest BCUT2D eigenvalue weighted by Gasteiger charge is 2.65. The number of pyridine rings is 1. The molecule has 0 amide bonds. The van der Waals surface area contributed by atoms with Crippen molar-refractivity contribution in [1.82, 2.24) is 0 Å². The summed E-state index contributed by atoms with van der Waals surface area (Å²) in [4.78, 5) is -1.95. The highest BCUT2D eigenvalue weighted by molar-refractivity contribution is 8.45. The van der Waals surface area contributed by atoms with E-state index in [0.717, 1.165) is 28.0 Å². The van der Waals surface area contributed by atoms with Crippen LogP contribution in [0.3, 0.4) is 0 Å². The lowest BCUT2D eigenvalue weighted by atomic mass is 9.69. The summed E-state index contributed by atoms with van der Waals surface area (Å²) in [7, 11) is -12.2. The molecule has 1 aliphatic carbocycles. The second kappa shape index (κ2) is 9.65. The van der Waals surface area contributed by atoms with Gasteiger partial charge in [0.15, 0.2) is 14.0 Å². The minimum Gasteiger partial charge on any atom is -0.618 e. The molecule has 1 unspecified atom stereocenters. The van der Waals surface area contributed by atoms with E-state index in [1.165, 1.54) is 0 Å². The number of rotatable bonds is 5. The summed E-state index contributed by atoms with van der Waals surface area (Å²) < 4.78 is 88.9. The van der Waals surface area contributed by atoms with Crippen LogP contribution in [0.4, 0.5) is 19.4 Å². The van der Waals surface area contributed by atoms with Gasteiger partial charge >= 0.3 is 10.2 Å². The molecule has 1 aromatic heterocycles. The Kier molecular flexibility index (Phi) is 7.38. The van der Waals surface area contributed by atoms with E-state index in [2.05, 4.69) is 47.7 Å². The highest BCUT2D eigenvalue weighted by Crippen LogP contribution is 3.02. The average molecular weight is 664 g/mol. The van der Waals surface area contributed by atoms with Crippen LogP contribution in [0.5, 0.6) is 0 Å². The predicted octanol–water partition coefficient (Wildman–Crippen LogP) is 10.3. The fourth-order valence-electron chi connectivity index (χ4n) is 6.91. The van der Waals surface area contributed by atoms with Crippen LogP contribution in [0.25, 0.3) is 0 Å². The Morgan fingerprint density at radius 3 is 2.07 bits per heavy atom. The van der Waals surface area contributed by atoms with Crippen molar-refractivity contribution in [2.24, 2.45) is 5.41 Å².